The minimum atomic E-state index is 0.0253. The predicted molar refractivity (Wildman–Crippen MR) is 95.8 cm³/mol. The molecule has 0 radical (unpaired) electrons. The molecular formula is C18H23N3O2S. The molecule has 2 aromatic rings. The maximum absolute atomic E-state index is 12.5. The number of carbonyl (C=O) groups excluding carboxylic acids is 1. The zero-order valence-electron chi connectivity index (χ0n) is 14.4. The lowest BCUT2D eigenvalue weighted by molar-refractivity contribution is 0.0658. The van der Waals surface area contributed by atoms with Crippen molar-refractivity contribution >= 4 is 17.2 Å². The van der Waals surface area contributed by atoms with Crippen LogP contribution < -0.4 is 4.74 Å². The number of thiazole rings is 1. The highest BCUT2D eigenvalue weighted by Crippen LogP contribution is 2.22. The number of nitrogens with zero attached hydrogens (tertiary/aromatic N) is 3. The van der Waals surface area contributed by atoms with Gasteiger partial charge in [0.15, 0.2) is 0 Å². The molecule has 1 aliphatic rings. The van der Waals surface area contributed by atoms with Gasteiger partial charge in [-0.05, 0) is 38.1 Å². The largest absolute Gasteiger partial charge is 0.486 e. The van der Waals surface area contributed by atoms with Crippen LogP contribution >= 0.6 is 11.3 Å². The minimum Gasteiger partial charge on any atom is -0.486 e. The summed E-state index contributed by atoms with van der Waals surface area (Å²) in [6.45, 7) is 7.87. The Labute approximate surface area is 146 Å². The van der Waals surface area contributed by atoms with Crippen LogP contribution in [0.4, 0.5) is 0 Å². The van der Waals surface area contributed by atoms with Crippen LogP contribution in [-0.2, 0) is 6.61 Å². The van der Waals surface area contributed by atoms with Crippen molar-refractivity contribution in [2.24, 2.45) is 0 Å². The zero-order chi connectivity index (χ0) is 17.1. The Balaban J connectivity index is 1.61. The molecule has 5 nitrogen and oxygen atoms in total. The van der Waals surface area contributed by atoms with Gasteiger partial charge in [0.2, 0.25) is 0 Å². The van der Waals surface area contributed by atoms with Gasteiger partial charge in [-0.15, -0.1) is 11.3 Å². The molecule has 1 fully saturated rings. The molecule has 0 atom stereocenters. The fraction of sp³-hybridized carbons (Fsp3) is 0.444. The topological polar surface area (TPSA) is 45.7 Å². The molecule has 1 aromatic carbocycles. The average molecular weight is 345 g/mol. The van der Waals surface area contributed by atoms with E-state index in [2.05, 4.69) is 36.8 Å². The molecule has 0 aliphatic carbocycles. The Morgan fingerprint density at radius 2 is 2.00 bits per heavy atom. The second-order valence-electron chi connectivity index (χ2n) is 6.21. The highest BCUT2D eigenvalue weighted by atomic mass is 32.1. The van der Waals surface area contributed by atoms with Crippen molar-refractivity contribution in [3.05, 3.63) is 45.4 Å². The molecule has 3 rings (SSSR count). The Kier molecular flexibility index (Phi) is 5.16. The molecule has 1 saturated heterocycles. The Morgan fingerprint density at radius 3 is 2.75 bits per heavy atom. The fourth-order valence-electron chi connectivity index (χ4n) is 2.67. The summed E-state index contributed by atoms with van der Waals surface area (Å²) < 4.78 is 5.87. The van der Waals surface area contributed by atoms with Gasteiger partial charge in [-0.1, -0.05) is 12.1 Å². The highest BCUT2D eigenvalue weighted by molar-refractivity contribution is 7.09. The first-order valence-electron chi connectivity index (χ1n) is 8.16. The molecule has 24 heavy (non-hydrogen) atoms. The first-order valence-corrected chi connectivity index (χ1v) is 9.04. The van der Waals surface area contributed by atoms with Crippen LogP contribution in [0.3, 0.4) is 0 Å². The smallest absolute Gasteiger partial charge is 0.273 e. The number of benzene rings is 1. The number of amides is 1. The second kappa shape index (κ2) is 7.32. The molecule has 128 valence electrons. The monoisotopic (exact) mass is 345 g/mol. The number of rotatable bonds is 4. The van der Waals surface area contributed by atoms with Gasteiger partial charge in [0.1, 0.15) is 23.1 Å². The minimum absolute atomic E-state index is 0.0253. The van der Waals surface area contributed by atoms with Gasteiger partial charge < -0.3 is 14.5 Å². The number of piperazine rings is 1. The van der Waals surface area contributed by atoms with E-state index in [0.717, 1.165) is 42.5 Å². The summed E-state index contributed by atoms with van der Waals surface area (Å²) in [5, 5.41) is 2.66. The van der Waals surface area contributed by atoms with Crippen LogP contribution in [0.5, 0.6) is 5.75 Å². The summed E-state index contributed by atoms with van der Waals surface area (Å²) in [7, 11) is 2.08. The van der Waals surface area contributed by atoms with E-state index in [1.807, 2.05) is 22.4 Å². The maximum atomic E-state index is 12.5. The number of likely N-dealkylation sites (N-methyl/N-ethyl adjacent to an activating group) is 1. The first-order chi connectivity index (χ1) is 11.5. The molecule has 0 spiro atoms. The normalized spacial score (nSPS) is 15.5. The van der Waals surface area contributed by atoms with Crippen LogP contribution in [-0.4, -0.2) is 53.9 Å². The van der Waals surface area contributed by atoms with E-state index in [1.54, 1.807) is 0 Å². The van der Waals surface area contributed by atoms with Gasteiger partial charge in [0.25, 0.3) is 5.91 Å². The van der Waals surface area contributed by atoms with E-state index in [4.69, 9.17) is 4.74 Å². The van der Waals surface area contributed by atoms with Crippen LogP contribution in [0.1, 0.15) is 26.6 Å². The van der Waals surface area contributed by atoms with Gasteiger partial charge >= 0.3 is 0 Å². The van der Waals surface area contributed by atoms with Gasteiger partial charge in [-0.25, -0.2) is 4.98 Å². The second-order valence-corrected chi connectivity index (χ2v) is 7.15. The lowest BCUT2D eigenvalue weighted by atomic mass is 10.1. The molecule has 0 saturated carbocycles. The maximum Gasteiger partial charge on any atom is 0.273 e. The van der Waals surface area contributed by atoms with E-state index in [-0.39, 0.29) is 5.91 Å². The van der Waals surface area contributed by atoms with Gasteiger partial charge in [-0.3, -0.25) is 4.79 Å². The Bertz CT molecular complexity index is 721. The quantitative estimate of drug-likeness (QED) is 0.855. The van der Waals surface area contributed by atoms with Crippen LogP contribution in [0, 0.1) is 13.8 Å². The third-order valence-electron chi connectivity index (χ3n) is 4.47. The molecule has 0 unspecified atom stereocenters. The standard InChI is InChI=1S/C18H23N3O2S/c1-13-5-4-6-16(14(13)2)23-11-17-19-15(12-24-17)18(22)21-9-7-20(3)8-10-21/h4-6,12H,7-11H2,1-3H3. The Hall–Kier alpha value is -1.92. The van der Waals surface area contributed by atoms with E-state index in [9.17, 15) is 4.79 Å². The van der Waals surface area contributed by atoms with Gasteiger partial charge in [0.05, 0.1) is 0 Å². The molecule has 0 N–H and O–H groups in total. The van der Waals surface area contributed by atoms with Gasteiger partial charge in [0, 0.05) is 31.6 Å². The average Bonchev–Trinajstić information content (AvgIpc) is 3.05. The SMILES string of the molecule is Cc1cccc(OCc2nc(C(=O)N3CCN(C)CC3)cs2)c1C. The summed E-state index contributed by atoms with van der Waals surface area (Å²) in [4.78, 5) is 21.1. The lowest BCUT2D eigenvalue weighted by Crippen LogP contribution is -2.47. The summed E-state index contributed by atoms with van der Waals surface area (Å²) in [5.41, 5.74) is 2.88. The molecule has 1 aromatic heterocycles. The Morgan fingerprint density at radius 1 is 1.25 bits per heavy atom. The van der Waals surface area contributed by atoms with Crippen molar-refractivity contribution in [2.45, 2.75) is 20.5 Å². The summed E-state index contributed by atoms with van der Waals surface area (Å²) in [5.74, 6) is 0.898. The van der Waals surface area contributed by atoms with Crippen molar-refractivity contribution in [3.8, 4) is 5.75 Å². The van der Waals surface area contributed by atoms with E-state index >= 15 is 0 Å². The zero-order valence-corrected chi connectivity index (χ0v) is 15.2. The van der Waals surface area contributed by atoms with Crippen molar-refractivity contribution < 1.29 is 9.53 Å². The van der Waals surface area contributed by atoms with Crippen molar-refractivity contribution in [1.82, 2.24) is 14.8 Å². The number of hydrogen-bond acceptors (Lipinski definition) is 5. The summed E-state index contributed by atoms with van der Waals surface area (Å²) in [6.07, 6.45) is 0. The van der Waals surface area contributed by atoms with E-state index in [1.165, 1.54) is 16.9 Å². The molecule has 6 heteroatoms. The predicted octanol–water partition coefficient (Wildman–Crippen LogP) is 2.73. The third-order valence-corrected chi connectivity index (χ3v) is 5.29. The van der Waals surface area contributed by atoms with E-state index in [0.29, 0.717) is 12.3 Å². The number of ether oxygens (including phenoxy) is 1. The number of hydrogen-bond donors (Lipinski definition) is 0. The summed E-state index contributed by atoms with van der Waals surface area (Å²) in [6, 6.07) is 6.02. The van der Waals surface area contributed by atoms with Gasteiger partial charge in [-0.2, -0.15) is 0 Å². The van der Waals surface area contributed by atoms with Crippen LogP contribution in [0.15, 0.2) is 23.6 Å². The molecule has 0 bridgehead atoms. The molecule has 2 heterocycles. The molecular weight excluding hydrogens is 322 g/mol. The highest BCUT2D eigenvalue weighted by Gasteiger charge is 2.22. The fourth-order valence-corrected chi connectivity index (χ4v) is 3.35. The van der Waals surface area contributed by atoms with Crippen molar-refractivity contribution in [2.75, 3.05) is 33.2 Å². The van der Waals surface area contributed by atoms with Crippen molar-refractivity contribution in [3.63, 3.8) is 0 Å². The molecule has 1 aliphatic heterocycles. The third kappa shape index (κ3) is 3.76. The lowest BCUT2D eigenvalue weighted by Gasteiger charge is -2.31. The number of carbonyl (C=O) groups is 1. The van der Waals surface area contributed by atoms with Crippen LogP contribution in [0.25, 0.3) is 0 Å². The number of aromatic nitrogens is 1. The van der Waals surface area contributed by atoms with E-state index < -0.39 is 0 Å². The van der Waals surface area contributed by atoms with Crippen LogP contribution in [0.2, 0.25) is 0 Å². The molecule has 1 amide bonds. The van der Waals surface area contributed by atoms with Crippen molar-refractivity contribution in [1.29, 1.82) is 0 Å². The first kappa shape index (κ1) is 16.9. The summed E-state index contributed by atoms with van der Waals surface area (Å²) >= 11 is 1.48. The number of aryl methyl sites for hydroxylation is 1.